The lowest BCUT2D eigenvalue weighted by atomic mass is 10.2. The summed E-state index contributed by atoms with van der Waals surface area (Å²) in [7, 11) is 1.49. The molecule has 1 aromatic carbocycles. The maximum absolute atomic E-state index is 12.8. The van der Waals surface area contributed by atoms with Crippen LogP contribution in [0.15, 0.2) is 18.2 Å². The summed E-state index contributed by atoms with van der Waals surface area (Å²) in [6.07, 6.45) is -3.90. The van der Waals surface area contributed by atoms with Crippen molar-refractivity contribution in [3.05, 3.63) is 28.3 Å². The number of alkyl halides is 4. The number of hydrogen-bond acceptors (Lipinski definition) is 4. The van der Waals surface area contributed by atoms with Crippen LogP contribution in [0.4, 0.5) is 28.9 Å². The average molecular weight is 341 g/mol. The highest BCUT2D eigenvalue weighted by Crippen LogP contribution is 2.29. The van der Waals surface area contributed by atoms with Gasteiger partial charge in [0.15, 0.2) is 11.7 Å². The first-order valence-corrected chi connectivity index (χ1v) is 6.13. The molecule has 0 saturated carbocycles. The second-order valence-corrected chi connectivity index (χ2v) is 4.44. The SMILES string of the molecule is CNC(=S)Nc1cc(OCC(F)(F)C(F)F)cc([N+](=O)[O-])c1. The van der Waals surface area contributed by atoms with Crippen LogP contribution < -0.4 is 15.4 Å². The van der Waals surface area contributed by atoms with Crippen molar-refractivity contribution in [2.24, 2.45) is 0 Å². The molecule has 0 aliphatic rings. The van der Waals surface area contributed by atoms with Crippen LogP contribution in [0.3, 0.4) is 0 Å². The lowest BCUT2D eigenvalue weighted by molar-refractivity contribution is -0.384. The highest BCUT2D eigenvalue weighted by molar-refractivity contribution is 7.80. The first-order valence-electron chi connectivity index (χ1n) is 5.72. The van der Waals surface area contributed by atoms with Crippen LogP contribution in [0.2, 0.25) is 0 Å². The number of ether oxygens (including phenoxy) is 1. The van der Waals surface area contributed by atoms with Gasteiger partial charge in [0.1, 0.15) is 5.75 Å². The molecule has 0 aliphatic carbocycles. The predicted octanol–water partition coefficient (Wildman–Crippen LogP) is 2.79. The Hall–Kier alpha value is -2.17. The Morgan fingerprint density at radius 3 is 2.59 bits per heavy atom. The molecular weight excluding hydrogens is 330 g/mol. The van der Waals surface area contributed by atoms with E-state index in [9.17, 15) is 27.7 Å². The van der Waals surface area contributed by atoms with Gasteiger partial charge in [-0.2, -0.15) is 8.78 Å². The fourth-order valence-electron chi connectivity index (χ4n) is 1.28. The minimum Gasteiger partial charge on any atom is -0.487 e. The van der Waals surface area contributed by atoms with E-state index in [4.69, 9.17) is 12.2 Å². The number of nitro groups is 1. The number of nitrogens with zero attached hydrogens (tertiary/aromatic N) is 1. The van der Waals surface area contributed by atoms with Gasteiger partial charge in [-0.3, -0.25) is 10.1 Å². The second-order valence-electron chi connectivity index (χ2n) is 4.03. The Balaban J connectivity index is 2.98. The summed E-state index contributed by atoms with van der Waals surface area (Å²) in [4.78, 5) is 9.99. The molecule has 1 aromatic rings. The third kappa shape index (κ3) is 4.98. The van der Waals surface area contributed by atoms with E-state index in [2.05, 4.69) is 15.4 Å². The molecule has 122 valence electrons. The van der Waals surface area contributed by atoms with Crippen LogP contribution in [0.1, 0.15) is 0 Å². The largest absolute Gasteiger partial charge is 0.487 e. The Morgan fingerprint density at radius 2 is 2.09 bits per heavy atom. The van der Waals surface area contributed by atoms with Crippen molar-refractivity contribution in [3.63, 3.8) is 0 Å². The van der Waals surface area contributed by atoms with Gasteiger partial charge in [-0.25, -0.2) is 8.78 Å². The van der Waals surface area contributed by atoms with Crippen LogP contribution in [0.25, 0.3) is 0 Å². The third-order valence-corrected chi connectivity index (χ3v) is 2.64. The van der Waals surface area contributed by atoms with Crippen molar-refractivity contribution >= 4 is 28.7 Å². The van der Waals surface area contributed by atoms with Crippen molar-refractivity contribution in [1.82, 2.24) is 5.32 Å². The van der Waals surface area contributed by atoms with Gasteiger partial charge in [-0.1, -0.05) is 0 Å². The smallest absolute Gasteiger partial charge is 0.340 e. The van der Waals surface area contributed by atoms with E-state index < -0.39 is 29.6 Å². The second kappa shape index (κ2) is 7.20. The number of halogens is 4. The number of nitrogens with one attached hydrogen (secondary N) is 2. The maximum Gasteiger partial charge on any atom is 0.340 e. The summed E-state index contributed by atoms with van der Waals surface area (Å²) in [5.74, 6) is -4.73. The summed E-state index contributed by atoms with van der Waals surface area (Å²) < 4.78 is 54.2. The zero-order valence-electron chi connectivity index (χ0n) is 11.1. The molecule has 0 aromatic heterocycles. The number of non-ortho nitro benzene ring substituents is 1. The standard InChI is InChI=1S/C11H11F4N3O3S/c1-16-10(22)17-6-2-7(18(19)20)4-8(3-6)21-5-11(14,15)9(12)13/h2-4,9H,5H2,1H3,(H2,16,17,22). The van der Waals surface area contributed by atoms with E-state index >= 15 is 0 Å². The van der Waals surface area contributed by atoms with E-state index in [1.54, 1.807) is 0 Å². The fourth-order valence-corrected chi connectivity index (χ4v) is 1.40. The van der Waals surface area contributed by atoms with Crippen LogP contribution in [0, 0.1) is 10.1 Å². The van der Waals surface area contributed by atoms with Crippen molar-refractivity contribution in [2.45, 2.75) is 12.3 Å². The average Bonchev–Trinajstić information content (AvgIpc) is 2.44. The van der Waals surface area contributed by atoms with E-state index in [0.717, 1.165) is 18.2 Å². The van der Waals surface area contributed by atoms with Crippen molar-refractivity contribution in [2.75, 3.05) is 19.0 Å². The molecule has 0 spiro atoms. The summed E-state index contributed by atoms with van der Waals surface area (Å²) >= 11 is 4.80. The van der Waals surface area contributed by atoms with Crippen LogP contribution in [0.5, 0.6) is 5.75 Å². The van der Waals surface area contributed by atoms with Gasteiger partial charge in [0.2, 0.25) is 0 Å². The molecule has 0 fully saturated rings. The first-order chi connectivity index (χ1) is 10.2. The maximum atomic E-state index is 12.8. The van der Waals surface area contributed by atoms with Crippen molar-refractivity contribution < 1.29 is 27.2 Å². The van der Waals surface area contributed by atoms with Gasteiger partial charge >= 0.3 is 12.3 Å². The molecule has 0 atom stereocenters. The zero-order valence-corrected chi connectivity index (χ0v) is 11.9. The zero-order chi connectivity index (χ0) is 16.9. The van der Waals surface area contributed by atoms with Gasteiger partial charge < -0.3 is 15.4 Å². The van der Waals surface area contributed by atoms with Gasteiger partial charge in [-0.15, -0.1) is 0 Å². The molecule has 0 amide bonds. The number of hydrogen-bond donors (Lipinski definition) is 2. The summed E-state index contributed by atoms with van der Waals surface area (Å²) in [5.41, 5.74) is -0.386. The molecule has 2 N–H and O–H groups in total. The molecule has 22 heavy (non-hydrogen) atoms. The molecule has 0 aliphatic heterocycles. The van der Waals surface area contributed by atoms with Gasteiger partial charge in [-0.05, 0) is 12.2 Å². The molecule has 1 rings (SSSR count). The molecule has 0 saturated heterocycles. The number of benzene rings is 1. The summed E-state index contributed by atoms with van der Waals surface area (Å²) in [6, 6.07) is 3.05. The van der Waals surface area contributed by atoms with Crippen LogP contribution >= 0.6 is 12.2 Å². The quantitative estimate of drug-likeness (QED) is 0.359. The Labute approximate surface area is 127 Å². The Morgan fingerprint density at radius 1 is 1.45 bits per heavy atom. The monoisotopic (exact) mass is 341 g/mol. The number of nitro benzene ring substituents is 1. The third-order valence-electron chi connectivity index (χ3n) is 2.34. The molecule has 11 heteroatoms. The highest BCUT2D eigenvalue weighted by Gasteiger charge is 2.41. The molecule has 0 radical (unpaired) electrons. The van der Waals surface area contributed by atoms with E-state index in [1.165, 1.54) is 7.05 Å². The molecular formula is C11H11F4N3O3S. The topological polar surface area (TPSA) is 76.4 Å². The molecule has 0 bridgehead atoms. The van der Waals surface area contributed by atoms with Crippen molar-refractivity contribution in [1.29, 1.82) is 0 Å². The lowest BCUT2D eigenvalue weighted by Crippen LogP contribution is -2.33. The molecule has 0 unspecified atom stereocenters. The number of anilines is 1. The van der Waals surface area contributed by atoms with Crippen LogP contribution in [-0.4, -0.2) is 36.0 Å². The Bertz CT molecular complexity index is 572. The van der Waals surface area contributed by atoms with Gasteiger partial charge in [0.25, 0.3) is 5.69 Å². The van der Waals surface area contributed by atoms with Gasteiger partial charge in [0, 0.05) is 19.2 Å². The summed E-state index contributed by atoms with van der Waals surface area (Å²) in [5, 5.41) is 16.0. The van der Waals surface area contributed by atoms with Crippen molar-refractivity contribution in [3.8, 4) is 5.75 Å². The minimum atomic E-state index is -4.36. The normalized spacial score (nSPS) is 11.2. The predicted molar refractivity (Wildman–Crippen MR) is 74.8 cm³/mol. The van der Waals surface area contributed by atoms with E-state index in [1.807, 2.05) is 0 Å². The fraction of sp³-hybridized carbons (Fsp3) is 0.364. The van der Waals surface area contributed by atoms with Crippen LogP contribution in [-0.2, 0) is 0 Å². The summed E-state index contributed by atoms with van der Waals surface area (Å²) in [6.45, 7) is -1.61. The number of thiocarbonyl (C=S) groups is 1. The Kier molecular flexibility index (Phi) is 5.85. The first kappa shape index (κ1) is 17.9. The minimum absolute atomic E-state index is 0.0870. The highest BCUT2D eigenvalue weighted by atomic mass is 32.1. The van der Waals surface area contributed by atoms with E-state index in [0.29, 0.717) is 0 Å². The number of rotatable bonds is 6. The van der Waals surface area contributed by atoms with Gasteiger partial charge in [0.05, 0.1) is 16.7 Å². The van der Waals surface area contributed by atoms with E-state index in [-0.39, 0.29) is 16.5 Å². The molecule has 6 nitrogen and oxygen atoms in total. The molecule has 0 heterocycles. The lowest BCUT2D eigenvalue weighted by Gasteiger charge is -2.16.